The zero-order valence-electron chi connectivity index (χ0n) is 13.2. The van der Waals surface area contributed by atoms with Crippen LogP contribution in [0.15, 0.2) is 41.9 Å². The summed E-state index contributed by atoms with van der Waals surface area (Å²) in [6.45, 7) is 4.00. The second-order valence-electron chi connectivity index (χ2n) is 5.46. The van der Waals surface area contributed by atoms with Crippen LogP contribution in [0.5, 0.6) is 0 Å². The summed E-state index contributed by atoms with van der Waals surface area (Å²) in [5.41, 5.74) is 2.62. The molecule has 3 rings (SSSR count). The molecular formula is C17H15N5OS. The van der Waals surface area contributed by atoms with Gasteiger partial charge in [0.05, 0.1) is 17.3 Å². The molecule has 2 heterocycles. The Labute approximate surface area is 143 Å². The Bertz CT molecular complexity index is 902. The Morgan fingerprint density at radius 1 is 1.29 bits per heavy atom. The van der Waals surface area contributed by atoms with Gasteiger partial charge in [-0.15, -0.1) is 11.3 Å². The maximum atomic E-state index is 12.2. The van der Waals surface area contributed by atoms with Crippen molar-refractivity contribution in [3.05, 3.63) is 53.2 Å². The number of amides is 1. The largest absolute Gasteiger partial charge is 0.296 e. The van der Waals surface area contributed by atoms with Crippen LogP contribution in [0, 0.1) is 11.3 Å². The van der Waals surface area contributed by atoms with E-state index in [0.717, 1.165) is 11.3 Å². The molecule has 0 bridgehead atoms. The Kier molecular flexibility index (Phi) is 4.40. The fourth-order valence-electron chi connectivity index (χ4n) is 2.09. The molecule has 120 valence electrons. The molecule has 3 aromatic rings. The number of hydrogen-bond donors (Lipinski definition) is 1. The molecule has 0 saturated heterocycles. The predicted molar refractivity (Wildman–Crippen MR) is 92.8 cm³/mol. The number of nitrogens with zero attached hydrogens (tertiary/aromatic N) is 4. The van der Waals surface area contributed by atoms with E-state index in [2.05, 4.69) is 21.5 Å². The van der Waals surface area contributed by atoms with E-state index in [9.17, 15) is 4.79 Å². The molecule has 1 aromatic carbocycles. The first-order chi connectivity index (χ1) is 11.6. The highest BCUT2D eigenvalue weighted by atomic mass is 32.1. The molecule has 1 N–H and O–H groups in total. The molecule has 0 unspecified atom stereocenters. The summed E-state index contributed by atoms with van der Waals surface area (Å²) in [6, 6.07) is 11.1. The van der Waals surface area contributed by atoms with Crippen molar-refractivity contribution in [3.63, 3.8) is 0 Å². The molecule has 0 aliphatic heterocycles. The maximum absolute atomic E-state index is 12.2. The number of carbonyl (C=O) groups is 1. The Morgan fingerprint density at radius 3 is 2.67 bits per heavy atom. The summed E-state index contributed by atoms with van der Waals surface area (Å²) >= 11 is 1.35. The van der Waals surface area contributed by atoms with E-state index < -0.39 is 0 Å². The molecule has 0 spiro atoms. The highest BCUT2D eigenvalue weighted by molar-refractivity contribution is 7.14. The van der Waals surface area contributed by atoms with Gasteiger partial charge in [0, 0.05) is 23.2 Å². The quantitative estimate of drug-likeness (QED) is 0.786. The molecule has 0 aliphatic carbocycles. The van der Waals surface area contributed by atoms with Gasteiger partial charge in [-0.25, -0.2) is 4.98 Å². The lowest BCUT2D eigenvalue weighted by Gasteiger charge is -2.03. The van der Waals surface area contributed by atoms with Crippen molar-refractivity contribution in [2.45, 2.75) is 19.9 Å². The van der Waals surface area contributed by atoms with Gasteiger partial charge in [-0.05, 0) is 32.0 Å². The number of anilines is 1. The molecule has 24 heavy (non-hydrogen) atoms. The van der Waals surface area contributed by atoms with Gasteiger partial charge >= 0.3 is 0 Å². The number of thiazole rings is 1. The van der Waals surface area contributed by atoms with E-state index in [1.807, 2.05) is 31.4 Å². The first-order valence-electron chi connectivity index (χ1n) is 7.39. The lowest BCUT2D eigenvalue weighted by molar-refractivity contribution is 0.102. The minimum absolute atomic E-state index is 0.203. The average Bonchev–Trinajstić information content (AvgIpc) is 3.24. The predicted octanol–water partition coefficient (Wildman–Crippen LogP) is 3.71. The number of benzene rings is 1. The lowest BCUT2D eigenvalue weighted by Crippen LogP contribution is -2.13. The number of carbonyl (C=O) groups excluding carboxylic acids is 1. The van der Waals surface area contributed by atoms with Crippen molar-refractivity contribution in [3.8, 4) is 17.3 Å². The van der Waals surface area contributed by atoms with E-state index in [4.69, 9.17) is 5.26 Å². The Hall–Kier alpha value is -2.98. The molecule has 0 aliphatic rings. The third-order valence-electron chi connectivity index (χ3n) is 3.40. The second-order valence-corrected chi connectivity index (χ2v) is 6.31. The molecule has 0 radical (unpaired) electrons. The highest BCUT2D eigenvalue weighted by Gasteiger charge is 2.13. The summed E-state index contributed by atoms with van der Waals surface area (Å²) in [7, 11) is 0. The van der Waals surface area contributed by atoms with Gasteiger partial charge < -0.3 is 0 Å². The molecule has 6 nitrogen and oxygen atoms in total. The minimum Gasteiger partial charge on any atom is -0.296 e. The molecule has 0 fully saturated rings. The third-order valence-corrected chi connectivity index (χ3v) is 4.16. The van der Waals surface area contributed by atoms with Crippen molar-refractivity contribution in [1.82, 2.24) is 14.8 Å². The molecule has 1 amide bonds. The van der Waals surface area contributed by atoms with Crippen LogP contribution in [0.3, 0.4) is 0 Å². The first-order valence-corrected chi connectivity index (χ1v) is 8.27. The standard InChI is InChI=1S/C17H15N5OS/c1-11(2)22-8-7-14(21-22)16(23)20-17-19-15(10-24-17)13-5-3-12(9-18)4-6-13/h3-8,10-11H,1-2H3,(H,19,20,23). The van der Waals surface area contributed by atoms with E-state index in [1.165, 1.54) is 11.3 Å². The Morgan fingerprint density at radius 2 is 2.04 bits per heavy atom. The monoisotopic (exact) mass is 337 g/mol. The van der Waals surface area contributed by atoms with Crippen LogP contribution < -0.4 is 5.32 Å². The molecular weight excluding hydrogens is 322 g/mol. The number of hydrogen-bond acceptors (Lipinski definition) is 5. The SMILES string of the molecule is CC(C)n1ccc(C(=O)Nc2nc(-c3ccc(C#N)cc3)cs2)n1. The molecule has 0 saturated carbocycles. The second kappa shape index (κ2) is 6.64. The van der Waals surface area contributed by atoms with Crippen molar-refractivity contribution in [2.24, 2.45) is 0 Å². The smallest absolute Gasteiger partial charge is 0.277 e. The van der Waals surface area contributed by atoms with E-state index in [1.54, 1.807) is 29.1 Å². The zero-order valence-corrected chi connectivity index (χ0v) is 14.0. The van der Waals surface area contributed by atoms with Crippen LogP contribution in [0.4, 0.5) is 5.13 Å². The van der Waals surface area contributed by atoms with E-state index >= 15 is 0 Å². The van der Waals surface area contributed by atoms with E-state index in [0.29, 0.717) is 16.4 Å². The zero-order chi connectivity index (χ0) is 17.1. The van der Waals surface area contributed by atoms with Gasteiger partial charge in [-0.1, -0.05) is 12.1 Å². The number of aromatic nitrogens is 3. The van der Waals surface area contributed by atoms with Gasteiger partial charge in [0.2, 0.25) is 0 Å². The molecule has 2 aromatic heterocycles. The van der Waals surface area contributed by atoms with Gasteiger partial charge in [-0.2, -0.15) is 10.4 Å². The van der Waals surface area contributed by atoms with Crippen molar-refractivity contribution >= 4 is 22.4 Å². The fraction of sp³-hybridized carbons (Fsp3) is 0.176. The van der Waals surface area contributed by atoms with Crippen LogP contribution in [0.25, 0.3) is 11.3 Å². The van der Waals surface area contributed by atoms with Crippen molar-refractivity contribution in [2.75, 3.05) is 5.32 Å². The van der Waals surface area contributed by atoms with Crippen LogP contribution in [-0.4, -0.2) is 20.7 Å². The van der Waals surface area contributed by atoms with Gasteiger partial charge in [-0.3, -0.25) is 14.8 Å². The maximum Gasteiger partial charge on any atom is 0.277 e. The summed E-state index contributed by atoms with van der Waals surface area (Å²) in [5.74, 6) is -0.282. The van der Waals surface area contributed by atoms with Crippen LogP contribution in [0.1, 0.15) is 35.9 Å². The molecule has 7 heteroatoms. The van der Waals surface area contributed by atoms with Crippen molar-refractivity contribution in [1.29, 1.82) is 5.26 Å². The molecule has 0 atom stereocenters. The average molecular weight is 337 g/mol. The summed E-state index contributed by atoms with van der Waals surface area (Å²) in [4.78, 5) is 16.6. The summed E-state index contributed by atoms with van der Waals surface area (Å²) in [5, 5.41) is 18.2. The summed E-state index contributed by atoms with van der Waals surface area (Å²) < 4.78 is 1.74. The fourth-order valence-corrected chi connectivity index (χ4v) is 2.80. The van der Waals surface area contributed by atoms with Crippen molar-refractivity contribution < 1.29 is 4.79 Å². The number of nitriles is 1. The van der Waals surface area contributed by atoms with Gasteiger partial charge in [0.15, 0.2) is 10.8 Å². The minimum atomic E-state index is -0.282. The third kappa shape index (κ3) is 3.34. The first kappa shape index (κ1) is 15.9. The number of nitrogens with one attached hydrogen (secondary N) is 1. The van der Waals surface area contributed by atoms with Crippen LogP contribution in [0.2, 0.25) is 0 Å². The lowest BCUT2D eigenvalue weighted by atomic mass is 10.1. The highest BCUT2D eigenvalue weighted by Crippen LogP contribution is 2.25. The normalized spacial score (nSPS) is 10.6. The Balaban J connectivity index is 1.73. The van der Waals surface area contributed by atoms with Crippen LogP contribution >= 0.6 is 11.3 Å². The van der Waals surface area contributed by atoms with E-state index in [-0.39, 0.29) is 11.9 Å². The summed E-state index contributed by atoms with van der Waals surface area (Å²) in [6.07, 6.45) is 1.78. The topological polar surface area (TPSA) is 83.6 Å². The van der Waals surface area contributed by atoms with Gasteiger partial charge in [0.25, 0.3) is 5.91 Å². The number of rotatable bonds is 4. The van der Waals surface area contributed by atoms with Gasteiger partial charge in [0.1, 0.15) is 0 Å². The van der Waals surface area contributed by atoms with Crippen LogP contribution in [-0.2, 0) is 0 Å².